The van der Waals surface area contributed by atoms with Crippen LogP contribution in [-0.4, -0.2) is 15.7 Å². The van der Waals surface area contributed by atoms with Crippen LogP contribution in [0.4, 0.5) is 5.82 Å². The minimum atomic E-state index is -0.315. The summed E-state index contributed by atoms with van der Waals surface area (Å²) in [5.41, 5.74) is 1.34. The maximum absolute atomic E-state index is 12.3. The van der Waals surface area contributed by atoms with Crippen molar-refractivity contribution in [2.75, 3.05) is 5.32 Å². The number of carbonyl (C=O) groups is 1. The maximum Gasteiger partial charge on any atom is 0.258 e. The fraction of sp³-hybridized carbons (Fsp3) is 0.0588. The number of hydrogen-bond donors (Lipinski definition) is 1. The number of amides is 1. The molecular weight excluding hydrogens is 413 g/mol. The average Bonchev–Trinajstić information content (AvgIpc) is 2.89. The first-order valence-electron chi connectivity index (χ1n) is 7.07. The van der Waals surface area contributed by atoms with E-state index in [1.807, 2.05) is 24.3 Å². The third-order valence-electron chi connectivity index (χ3n) is 3.36. The summed E-state index contributed by atoms with van der Waals surface area (Å²) in [6.45, 7) is 0.500. The lowest BCUT2D eigenvalue weighted by atomic mass is 10.2. The number of nitrogens with zero attached hydrogens (tertiary/aromatic N) is 2. The molecule has 0 aliphatic rings. The van der Waals surface area contributed by atoms with E-state index in [0.29, 0.717) is 32.4 Å². The van der Waals surface area contributed by atoms with Gasteiger partial charge in [-0.2, -0.15) is 5.10 Å². The van der Waals surface area contributed by atoms with Crippen molar-refractivity contribution in [2.45, 2.75) is 6.54 Å². The first-order chi connectivity index (χ1) is 11.5. The van der Waals surface area contributed by atoms with Gasteiger partial charge in [-0.25, -0.2) is 0 Å². The van der Waals surface area contributed by atoms with Gasteiger partial charge in [-0.3, -0.25) is 9.48 Å². The molecule has 24 heavy (non-hydrogen) atoms. The van der Waals surface area contributed by atoms with Crippen molar-refractivity contribution in [3.63, 3.8) is 0 Å². The predicted octanol–water partition coefficient (Wildman–Crippen LogP) is 5.25. The van der Waals surface area contributed by atoms with Crippen LogP contribution in [0.5, 0.6) is 0 Å². The third kappa shape index (κ3) is 3.80. The van der Waals surface area contributed by atoms with Gasteiger partial charge in [0.25, 0.3) is 5.91 Å². The summed E-state index contributed by atoms with van der Waals surface area (Å²) in [5, 5.41) is 8.19. The molecule has 4 nitrogen and oxygen atoms in total. The maximum atomic E-state index is 12.3. The topological polar surface area (TPSA) is 46.9 Å². The third-order valence-corrected chi connectivity index (χ3v) is 4.64. The lowest BCUT2D eigenvalue weighted by Gasteiger charge is -2.05. The molecule has 0 aliphatic heterocycles. The molecule has 0 unspecified atom stereocenters. The summed E-state index contributed by atoms with van der Waals surface area (Å²) in [6.07, 6.45) is 1.78. The molecule has 1 amide bonds. The van der Waals surface area contributed by atoms with Crippen molar-refractivity contribution in [1.82, 2.24) is 9.78 Å². The van der Waals surface area contributed by atoms with Crippen molar-refractivity contribution in [3.8, 4) is 0 Å². The van der Waals surface area contributed by atoms with Gasteiger partial charge in [-0.15, -0.1) is 0 Å². The molecule has 0 bridgehead atoms. The molecule has 1 heterocycles. The second-order valence-electron chi connectivity index (χ2n) is 5.05. The molecule has 122 valence electrons. The van der Waals surface area contributed by atoms with Crippen molar-refractivity contribution < 1.29 is 4.79 Å². The summed E-state index contributed by atoms with van der Waals surface area (Å²) in [6, 6.07) is 14.4. The van der Waals surface area contributed by atoms with Crippen LogP contribution in [0.15, 0.2) is 59.2 Å². The number of carbonyl (C=O) groups excluding carboxylic acids is 1. The van der Waals surface area contributed by atoms with Crippen LogP contribution in [0.25, 0.3) is 0 Å². The minimum absolute atomic E-state index is 0.315. The number of anilines is 1. The van der Waals surface area contributed by atoms with E-state index in [2.05, 4.69) is 26.3 Å². The van der Waals surface area contributed by atoms with E-state index >= 15 is 0 Å². The highest BCUT2D eigenvalue weighted by atomic mass is 79.9. The van der Waals surface area contributed by atoms with Gasteiger partial charge in [0.1, 0.15) is 0 Å². The van der Waals surface area contributed by atoms with Gasteiger partial charge < -0.3 is 5.32 Å². The first-order valence-corrected chi connectivity index (χ1v) is 8.61. The molecule has 1 aromatic heterocycles. The number of hydrogen-bond acceptors (Lipinski definition) is 2. The van der Waals surface area contributed by atoms with Gasteiger partial charge in [0.15, 0.2) is 5.82 Å². The standard InChI is InChI=1S/C17H12BrCl2N3O/c18-13-10-23(9-11-5-1-3-7-14(11)19)22-16(13)21-17(24)12-6-2-4-8-15(12)20/h1-8,10H,9H2,(H,21,22,24). The number of benzene rings is 2. The highest BCUT2D eigenvalue weighted by Gasteiger charge is 2.14. The van der Waals surface area contributed by atoms with Crippen LogP contribution in [0, 0.1) is 0 Å². The molecule has 0 spiro atoms. The molecular formula is C17H12BrCl2N3O. The molecule has 3 rings (SSSR count). The van der Waals surface area contributed by atoms with Crippen molar-refractivity contribution in [2.24, 2.45) is 0 Å². The van der Waals surface area contributed by atoms with E-state index in [-0.39, 0.29) is 5.91 Å². The van der Waals surface area contributed by atoms with E-state index in [1.54, 1.807) is 35.1 Å². The summed E-state index contributed by atoms with van der Waals surface area (Å²) in [7, 11) is 0. The van der Waals surface area contributed by atoms with Crippen LogP contribution >= 0.6 is 39.1 Å². The van der Waals surface area contributed by atoms with E-state index in [1.165, 1.54) is 0 Å². The van der Waals surface area contributed by atoms with Gasteiger partial charge >= 0.3 is 0 Å². The number of halogens is 3. The summed E-state index contributed by atoms with van der Waals surface area (Å²) >= 11 is 15.6. The lowest BCUT2D eigenvalue weighted by Crippen LogP contribution is -2.13. The fourth-order valence-electron chi connectivity index (χ4n) is 2.18. The Bertz CT molecular complexity index is 895. The van der Waals surface area contributed by atoms with Crippen LogP contribution in [0.3, 0.4) is 0 Å². The Morgan fingerprint density at radius 3 is 2.46 bits per heavy atom. The molecule has 0 aliphatic carbocycles. The van der Waals surface area contributed by atoms with Gasteiger partial charge in [0, 0.05) is 11.2 Å². The largest absolute Gasteiger partial charge is 0.304 e. The number of aromatic nitrogens is 2. The zero-order valence-electron chi connectivity index (χ0n) is 12.3. The summed E-state index contributed by atoms with van der Waals surface area (Å²) in [5.74, 6) is 0.108. The highest BCUT2D eigenvalue weighted by molar-refractivity contribution is 9.10. The zero-order chi connectivity index (χ0) is 17.1. The molecule has 0 saturated carbocycles. The van der Waals surface area contributed by atoms with Gasteiger partial charge in [0.2, 0.25) is 0 Å². The molecule has 0 fully saturated rings. The smallest absolute Gasteiger partial charge is 0.258 e. The Hall–Kier alpha value is -1.82. The molecule has 0 atom stereocenters. The molecule has 2 aromatic carbocycles. The normalized spacial score (nSPS) is 10.6. The molecule has 1 N–H and O–H groups in total. The molecule has 0 saturated heterocycles. The molecule has 3 aromatic rings. The van der Waals surface area contributed by atoms with E-state index < -0.39 is 0 Å². The van der Waals surface area contributed by atoms with E-state index in [0.717, 1.165) is 5.56 Å². The SMILES string of the molecule is O=C(Nc1nn(Cc2ccccc2Cl)cc1Br)c1ccccc1Cl. The Morgan fingerprint density at radius 2 is 1.75 bits per heavy atom. The van der Waals surface area contributed by atoms with Crippen molar-refractivity contribution >= 4 is 50.9 Å². The van der Waals surface area contributed by atoms with Gasteiger partial charge in [0.05, 0.1) is 21.6 Å². The number of rotatable bonds is 4. The van der Waals surface area contributed by atoms with Crippen LogP contribution in [0.1, 0.15) is 15.9 Å². The number of nitrogens with one attached hydrogen (secondary N) is 1. The van der Waals surface area contributed by atoms with Crippen molar-refractivity contribution in [1.29, 1.82) is 0 Å². The Morgan fingerprint density at radius 1 is 1.08 bits per heavy atom. The predicted molar refractivity (Wildman–Crippen MR) is 99.9 cm³/mol. The van der Waals surface area contributed by atoms with Gasteiger partial charge in [-0.1, -0.05) is 53.5 Å². The molecule has 0 radical (unpaired) electrons. The minimum Gasteiger partial charge on any atom is -0.304 e. The summed E-state index contributed by atoms with van der Waals surface area (Å²) in [4.78, 5) is 12.3. The van der Waals surface area contributed by atoms with Crippen molar-refractivity contribution in [3.05, 3.63) is 80.4 Å². The average molecular weight is 425 g/mol. The monoisotopic (exact) mass is 423 g/mol. The Balaban J connectivity index is 1.78. The Kier molecular flexibility index (Phi) is 5.23. The van der Waals surface area contributed by atoms with Gasteiger partial charge in [-0.05, 0) is 39.7 Å². The second-order valence-corrected chi connectivity index (χ2v) is 6.72. The molecule has 7 heteroatoms. The summed E-state index contributed by atoms with van der Waals surface area (Å²) < 4.78 is 2.38. The first kappa shape index (κ1) is 17.0. The van der Waals surface area contributed by atoms with E-state index in [9.17, 15) is 4.79 Å². The second kappa shape index (κ2) is 7.38. The van der Waals surface area contributed by atoms with E-state index in [4.69, 9.17) is 23.2 Å². The lowest BCUT2D eigenvalue weighted by molar-refractivity contribution is 0.102. The quantitative estimate of drug-likeness (QED) is 0.621. The fourth-order valence-corrected chi connectivity index (χ4v) is 3.02. The van der Waals surface area contributed by atoms with Crippen LogP contribution in [-0.2, 0) is 6.54 Å². The zero-order valence-corrected chi connectivity index (χ0v) is 15.4. The van der Waals surface area contributed by atoms with Crippen LogP contribution in [0.2, 0.25) is 10.0 Å². The highest BCUT2D eigenvalue weighted by Crippen LogP contribution is 2.24. The Labute approximate surface area is 157 Å². The van der Waals surface area contributed by atoms with Crippen LogP contribution < -0.4 is 5.32 Å².